The molecule has 1 saturated heterocycles. The molecule has 1 N–H and O–H groups in total. The molecule has 1 fully saturated rings. The minimum absolute atomic E-state index is 0.138. The summed E-state index contributed by atoms with van der Waals surface area (Å²) in [6.45, 7) is 1.86. The summed E-state index contributed by atoms with van der Waals surface area (Å²) in [5.74, 6) is -1.16. The Morgan fingerprint density at radius 3 is 2.34 bits per heavy atom. The molecule has 4 rings (SSSR count). The summed E-state index contributed by atoms with van der Waals surface area (Å²) < 4.78 is 38.4. The molecule has 1 aliphatic heterocycles. The van der Waals surface area contributed by atoms with Gasteiger partial charge in [0.05, 0.1) is 16.0 Å². The standard InChI is InChI=1S/C27H21BrF2N2O5S/c1-2-36-22-12-17(11-21(28)25(22)37-15-16-3-5-18(29)6-4-16)13-23-26(34)32(27(35)38-23)14-24(33)31-20-9-7-19(30)8-10-20/h3-13H,2,14-15H2,1H3,(H,31,33)/b23-13-. The van der Waals surface area contributed by atoms with Crippen molar-refractivity contribution in [1.29, 1.82) is 0 Å². The first-order valence-electron chi connectivity index (χ1n) is 11.4. The molecule has 3 aromatic carbocycles. The number of imide groups is 1. The van der Waals surface area contributed by atoms with Gasteiger partial charge in [-0.05, 0) is 100 Å². The normalized spacial score (nSPS) is 14.2. The van der Waals surface area contributed by atoms with Crippen molar-refractivity contribution in [1.82, 2.24) is 4.90 Å². The summed E-state index contributed by atoms with van der Waals surface area (Å²) in [5.41, 5.74) is 1.67. The van der Waals surface area contributed by atoms with Crippen LogP contribution in [0.25, 0.3) is 6.08 Å². The highest BCUT2D eigenvalue weighted by Crippen LogP contribution is 2.39. The molecule has 0 bridgehead atoms. The van der Waals surface area contributed by atoms with E-state index in [9.17, 15) is 23.2 Å². The Labute approximate surface area is 229 Å². The maximum absolute atomic E-state index is 13.2. The van der Waals surface area contributed by atoms with Crippen molar-refractivity contribution in [2.45, 2.75) is 13.5 Å². The van der Waals surface area contributed by atoms with Crippen LogP contribution in [0.2, 0.25) is 0 Å². The number of halogens is 3. The number of nitrogens with one attached hydrogen (secondary N) is 1. The SMILES string of the molecule is CCOc1cc(/C=C2\SC(=O)N(CC(=O)Nc3ccc(F)cc3)C2=O)cc(Br)c1OCc1ccc(F)cc1. The lowest BCUT2D eigenvalue weighted by molar-refractivity contribution is -0.127. The summed E-state index contributed by atoms with van der Waals surface area (Å²) in [7, 11) is 0. The van der Waals surface area contributed by atoms with Crippen molar-refractivity contribution >= 4 is 56.5 Å². The molecule has 3 amide bonds. The summed E-state index contributed by atoms with van der Waals surface area (Å²) in [6.07, 6.45) is 1.53. The van der Waals surface area contributed by atoms with Gasteiger partial charge in [-0.2, -0.15) is 0 Å². The van der Waals surface area contributed by atoms with E-state index in [0.29, 0.717) is 45.6 Å². The molecule has 0 unspecified atom stereocenters. The number of carbonyl (C=O) groups is 3. The maximum atomic E-state index is 13.2. The second-order valence-corrected chi connectivity index (χ2v) is 9.85. The first-order valence-corrected chi connectivity index (χ1v) is 13.0. The van der Waals surface area contributed by atoms with Crippen molar-refractivity contribution in [2.75, 3.05) is 18.5 Å². The molecule has 0 radical (unpaired) electrons. The van der Waals surface area contributed by atoms with Crippen molar-refractivity contribution in [3.8, 4) is 11.5 Å². The highest BCUT2D eigenvalue weighted by molar-refractivity contribution is 9.10. The Hall–Kier alpha value is -3.70. The Bertz CT molecular complexity index is 1400. The van der Waals surface area contributed by atoms with Gasteiger partial charge in [0, 0.05) is 5.69 Å². The molecule has 0 aromatic heterocycles. The molecule has 0 spiro atoms. The molecule has 0 saturated carbocycles. The van der Waals surface area contributed by atoms with Crippen molar-refractivity contribution < 1.29 is 32.6 Å². The number of benzene rings is 3. The Morgan fingerprint density at radius 1 is 1.03 bits per heavy atom. The fraction of sp³-hybridized carbons (Fsp3) is 0.148. The van der Waals surface area contributed by atoms with Crippen molar-refractivity contribution in [3.63, 3.8) is 0 Å². The maximum Gasteiger partial charge on any atom is 0.294 e. The van der Waals surface area contributed by atoms with E-state index in [2.05, 4.69) is 21.2 Å². The first kappa shape index (κ1) is 27.3. The fourth-order valence-electron chi connectivity index (χ4n) is 3.48. The number of amides is 3. The number of ether oxygens (including phenoxy) is 2. The van der Waals surface area contributed by atoms with E-state index >= 15 is 0 Å². The number of thioether (sulfide) groups is 1. The lowest BCUT2D eigenvalue weighted by atomic mass is 10.1. The van der Waals surface area contributed by atoms with E-state index in [1.165, 1.54) is 42.5 Å². The number of hydrogen-bond acceptors (Lipinski definition) is 6. The predicted octanol–water partition coefficient (Wildman–Crippen LogP) is 6.38. The second kappa shape index (κ2) is 12.2. The minimum Gasteiger partial charge on any atom is -0.490 e. The molecule has 196 valence electrons. The van der Waals surface area contributed by atoms with Gasteiger partial charge in [0.25, 0.3) is 11.1 Å². The number of anilines is 1. The Balaban J connectivity index is 1.48. The molecule has 38 heavy (non-hydrogen) atoms. The molecule has 0 aliphatic carbocycles. The third-order valence-electron chi connectivity index (χ3n) is 5.23. The highest BCUT2D eigenvalue weighted by atomic mass is 79.9. The zero-order valence-corrected chi connectivity index (χ0v) is 22.4. The van der Waals surface area contributed by atoms with Gasteiger partial charge < -0.3 is 14.8 Å². The fourth-order valence-corrected chi connectivity index (χ4v) is 4.89. The summed E-state index contributed by atoms with van der Waals surface area (Å²) >= 11 is 4.19. The Morgan fingerprint density at radius 2 is 1.68 bits per heavy atom. The van der Waals surface area contributed by atoms with Gasteiger partial charge in [0.2, 0.25) is 5.91 Å². The number of carbonyl (C=O) groups excluding carboxylic acids is 3. The highest BCUT2D eigenvalue weighted by Gasteiger charge is 2.36. The van der Waals surface area contributed by atoms with E-state index in [1.54, 1.807) is 24.3 Å². The zero-order valence-electron chi connectivity index (χ0n) is 20.0. The summed E-state index contributed by atoms with van der Waals surface area (Å²) in [4.78, 5) is 38.7. The van der Waals surface area contributed by atoms with Gasteiger partial charge in [-0.25, -0.2) is 8.78 Å². The lowest BCUT2D eigenvalue weighted by Crippen LogP contribution is -2.36. The number of rotatable bonds is 9. The molecule has 3 aromatic rings. The van der Waals surface area contributed by atoms with E-state index in [0.717, 1.165) is 10.5 Å². The van der Waals surface area contributed by atoms with Crippen LogP contribution in [0.5, 0.6) is 11.5 Å². The van der Waals surface area contributed by atoms with Crippen LogP contribution in [0.4, 0.5) is 19.3 Å². The molecular formula is C27H21BrF2N2O5S. The van der Waals surface area contributed by atoms with Crippen LogP contribution in [0.15, 0.2) is 70.0 Å². The monoisotopic (exact) mass is 602 g/mol. The average molecular weight is 603 g/mol. The van der Waals surface area contributed by atoms with E-state index in [4.69, 9.17) is 9.47 Å². The molecule has 7 nitrogen and oxygen atoms in total. The van der Waals surface area contributed by atoms with Crippen LogP contribution in [0.1, 0.15) is 18.1 Å². The molecule has 1 heterocycles. The van der Waals surface area contributed by atoms with Crippen LogP contribution in [0, 0.1) is 11.6 Å². The number of hydrogen-bond donors (Lipinski definition) is 1. The van der Waals surface area contributed by atoms with E-state index in [1.807, 2.05) is 6.92 Å². The average Bonchev–Trinajstić information content (AvgIpc) is 3.13. The first-order chi connectivity index (χ1) is 18.2. The van der Waals surface area contributed by atoms with Crippen LogP contribution in [0.3, 0.4) is 0 Å². The third kappa shape index (κ3) is 6.78. The van der Waals surface area contributed by atoms with Gasteiger partial charge in [-0.3, -0.25) is 19.3 Å². The van der Waals surface area contributed by atoms with Crippen LogP contribution in [-0.4, -0.2) is 35.1 Å². The van der Waals surface area contributed by atoms with Gasteiger partial charge in [0.15, 0.2) is 11.5 Å². The molecular weight excluding hydrogens is 582 g/mol. The van der Waals surface area contributed by atoms with Crippen molar-refractivity contribution in [3.05, 3.63) is 92.8 Å². The molecule has 0 atom stereocenters. The van der Waals surface area contributed by atoms with E-state index in [-0.39, 0.29) is 17.3 Å². The van der Waals surface area contributed by atoms with Gasteiger partial charge in [-0.15, -0.1) is 0 Å². The van der Waals surface area contributed by atoms with Gasteiger partial charge >= 0.3 is 0 Å². The smallest absolute Gasteiger partial charge is 0.294 e. The largest absolute Gasteiger partial charge is 0.490 e. The second-order valence-electron chi connectivity index (χ2n) is 8.00. The summed E-state index contributed by atoms with van der Waals surface area (Å²) in [5, 5.41) is 1.94. The minimum atomic E-state index is -0.611. The van der Waals surface area contributed by atoms with Crippen molar-refractivity contribution in [2.24, 2.45) is 0 Å². The van der Waals surface area contributed by atoms with Crippen LogP contribution < -0.4 is 14.8 Å². The topological polar surface area (TPSA) is 84.9 Å². The predicted molar refractivity (Wildman–Crippen MR) is 144 cm³/mol. The number of nitrogens with zero attached hydrogens (tertiary/aromatic N) is 1. The summed E-state index contributed by atoms with van der Waals surface area (Å²) in [6, 6.07) is 14.4. The van der Waals surface area contributed by atoms with Gasteiger partial charge in [-0.1, -0.05) is 12.1 Å². The molecule has 1 aliphatic rings. The van der Waals surface area contributed by atoms with E-state index < -0.39 is 29.4 Å². The van der Waals surface area contributed by atoms with Crippen LogP contribution in [-0.2, 0) is 16.2 Å². The van der Waals surface area contributed by atoms with Crippen LogP contribution >= 0.6 is 27.7 Å². The quantitative estimate of drug-likeness (QED) is 0.286. The zero-order chi connectivity index (χ0) is 27.2. The lowest BCUT2D eigenvalue weighted by Gasteiger charge is -2.15. The molecule has 11 heteroatoms. The third-order valence-corrected chi connectivity index (χ3v) is 6.73. The van der Waals surface area contributed by atoms with Gasteiger partial charge in [0.1, 0.15) is 24.8 Å². The Kier molecular flexibility index (Phi) is 8.80.